The SMILES string of the molecule is O=C(Cc1cn(-c2ncc(C(F)(F)F)cc2Cl)c2ccccc12)NNC(=S)Nc1cccc(C(F)(F)F)c1. The number of pyridine rings is 1. The van der Waals surface area contributed by atoms with Crippen LogP contribution in [0.2, 0.25) is 5.02 Å². The number of fused-ring (bicyclic) bond motifs is 1. The number of para-hydroxylation sites is 1. The van der Waals surface area contributed by atoms with Gasteiger partial charge in [0.1, 0.15) is 0 Å². The summed E-state index contributed by atoms with van der Waals surface area (Å²) in [5, 5.41) is 2.79. The summed E-state index contributed by atoms with van der Waals surface area (Å²) in [4.78, 5) is 16.5. The molecule has 2 aromatic carbocycles. The number of benzene rings is 2. The molecule has 0 aliphatic heterocycles. The molecule has 1 amide bonds. The van der Waals surface area contributed by atoms with Gasteiger partial charge in [0, 0.05) is 23.5 Å². The zero-order valence-electron chi connectivity index (χ0n) is 18.9. The maximum atomic E-state index is 13.0. The van der Waals surface area contributed by atoms with Gasteiger partial charge in [-0.1, -0.05) is 35.9 Å². The molecule has 14 heteroatoms. The van der Waals surface area contributed by atoms with Crippen molar-refractivity contribution in [3.8, 4) is 5.82 Å². The predicted octanol–water partition coefficient (Wildman–Crippen LogP) is 6.28. The molecule has 4 aromatic rings. The van der Waals surface area contributed by atoms with Crippen molar-refractivity contribution in [2.45, 2.75) is 18.8 Å². The summed E-state index contributed by atoms with van der Waals surface area (Å²) in [6, 6.07) is 12.0. The topological polar surface area (TPSA) is 71.0 Å². The summed E-state index contributed by atoms with van der Waals surface area (Å²) in [6.07, 6.45) is -7.11. The van der Waals surface area contributed by atoms with E-state index in [4.69, 9.17) is 23.8 Å². The molecule has 2 aromatic heterocycles. The first-order chi connectivity index (χ1) is 17.8. The summed E-state index contributed by atoms with van der Waals surface area (Å²) >= 11 is 11.1. The summed E-state index contributed by atoms with van der Waals surface area (Å²) in [7, 11) is 0. The lowest BCUT2D eigenvalue weighted by Gasteiger charge is -2.13. The van der Waals surface area contributed by atoms with Crippen molar-refractivity contribution in [2.24, 2.45) is 0 Å². The fourth-order valence-electron chi connectivity index (χ4n) is 3.61. The zero-order chi connectivity index (χ0) is 27.7. The number of halogens is 7. The van der Waals surface area contributed by atoms with Gasteiger partial charge >= 0.3 is 12.4 Å². The van der Waals surface area contributed by atoms with Crippen molar-refractivity contribution >= 4 is 51.4 Å². The molecule has 0 atom stereocenters. The van der Waals surface area contributed by atoms with Crippen LogP contribution in [0.1, 0.15) is 16.7 Å². The molecular formula is C24H16ClF6N5OS. The molecule has 0 aliphatic rings. The number of aromatic nitrogens is 2. The molecule has 38 heavy (non-hydrogen) atoms. The number of hydrogen-bond donors (Lipinski definition) is 3. The Morgan fingerprint density at radius 1 is 0.947 bits per heavy atom. The van der Waals surface area contributed by atoms with Gasteiger partial charge in [-0.25, -0.2) is 4.98 Å². The highest BCUT2D eigenvalue weighted by Crippen LogP contribution is 2.34. The summed E-state index contributed by atoms with van der Waals surface area (Å²) in [6.45, 7) is 0. The minimum Gasteiger partial charge on any atom is -0.331 e. The van der Waals surface area contributed by atoms with Gasteiger partial charge in [-0.15, -0.1) is 0 Å². The van der Waals surface area contributed by atoms with E-state index in [2.05, 4.69) is 21.2 Å². The third-order valence-corrected chi connectivity index (χ3v) is 5.77. The van der Waals surface area contributed by atoms with E-state index in [1.807, 2.05) is 0 Å². The molecule has 0 bridgehead atoms. The first-order valence-electron chi connectivity index (χ1n) is 10.7. The Labute approximate surface area is 221 Å². The number of thiocarbonyl (C=S) groups is 1. The Kier molecular flexibility index (Phi) is 7.51. The largest absolute Gasteiger partial charge is 0.417 e. The molecule has 0 spiro atoms. The number of nitrogens with one attached hydrogen (secondary N) is 3. The highest BCUT2D eigenvalue weighted by molar-refractivity contribution is 7.80. The molecule has 0 saturated carbocycles. The van der Waals surface area contributed by atoms with E-state index in [-0.39, 0.29) is 28.1 Å². The van der Waals surface area contributed by atoms with Crippen LogP contribution in [0.3, 0.4) is 0 Å². The fourth-order valence-corrected chi connectivity index (χ4v) is 4.03. The molecule has 3 N–H and O–H groups in total. The third kappa shape index (κ3) is 6.17. The van der Waals surface area contributed by atoms with Crippen molar-refractivity contribution in [1.29, 1.82) is 0 Å². The Morgan fingerprint density at radius 2 is 1.66 bits per heavy atom. The van der Waals surface area contributed by atoms with Gasteiger partial charge < -0.3 is 5.32 Å². The molecule has 0 aliphatic carbocycles. The van der Waals surface area contributed by atoms with Crippen molar-refractivity contribution in [3.05, 3.63) is 88.7 Å². The second-order valence-electron chi connectivity index (χ2n) is 7.95. The second kappa shape index (κ2) is 10.5. The number of hydrazine groups is 1. The Morgan fingerprint density at radius 3 is 2.34 bits per heavy atom. The van der Waals surface area contributed by atoms with Crippen LogP contribution in [0, 0.1) is 0 Å². The molecule has 6 nitrogen and oxygen atoms in total. The Balaban J connectivity index is 1.47. The van der Waals surface area contributed by atoms with Gasteiger partial charge in [-0.05, 0) is 48.1 Å². The quantitative estimate of drug-likeness (QED) is 0.153. The molecular weight excluding hydrogens is 556 g/mol. The number of rotatable bonds is 4. The number of carbonyl (C=O) groups is 1. The van der Waals surface area contributed by atoms with Gasteiger partial charge in [0.25, 0.3) is 0 Å². The summed E-state index contributed by atoms with van der Waals surface area (Å²) in [5.74, 6) is -0.500. The van der Waals surface area contributed by atoms with Gasteiger partial charge in [-0.2, -0.15) is 26.3 Å². The normalized spacial score (nSPS) is 11.9. The molecule has 4 rings (SSSR count). The first-order valence-corrected chi connectivity index (χ1v) is 11.5. The van der Waals surface area contributed by atoms with Crippen LogP contribution in [0.5, 0.6) is 0 Å². The Bertz CT molecular complexity index is 1520. The molecule has 2 heterocycles. The van der Waals surface area contributed by atoms with Crippen molar-refractivity contribution in [1.82, 2.24) is 20.4 Å². The van der Waals surface area contributed by atoms with Gasteiger partial charge in [0.2, 0.25) is 5.91 Å². The molecule has 0 saturated heterocycles. The fraction of sp³-hybridized carbons (Fsp3) is 0.125. The smallest absolute Gasteiger partial charge is 0.331 e. The molecule has 0 fully saturated rings. The number of hydrogen-bond acceptors (Lipinski definition) is 3. The Hall–Kier alpha value is -3.84. The van der Waals surface area contributed by atoms with Crippen LogP contribution in [0.4, 0.5) is 32.0 Å². The summed E-state index contributed by atoms with van der Waals surface area (Å²) < 4.78 is 79.1. The highest BCUT2D eigenvalue weighted by atomic mass is 35.5. The number of alkyl halides is 6. The maximum absolute atomic E-state index is 13.0. The van der Waals surface area contributed by atoms with E-state index >= 15 is 0 Å². The second-order valence-corrected chi connectivity index (χ2v) is 8.77. The van der Waals surface area contributed by atoms with E-state index in [0.717, 1.165) is 18.2 Å². The summed E-state index contributed by atoms with van der Waals surface area (Å²) in [5.41, 5.74) is 4.04. The number of anilines is 1. The van der Waals surface area contributed by atoms with Crippen LogP contribution in [-0.2, 0) is 23.6 Å². The van der Waals surface area contributed by atoms with Crippen LogP contribution < -0.4 is 16.2 Å². The minimum atomic E-state index is -4.61. The zero-order valence-corrected chi connectivity index (χ0v) is 20.5. The van der Waals surface area contributed by atoms with Gasteiger partial charge in [0.05, 0.1) is 28.1 Å². The van der Waals surface area contributed by atoms with Crippen LogP contribution in [0.25, 0.3) is 16.7 Å². The average molecular weight is 572 g/mol. The monoisotopic (exact) mass is 571 g/mol. The highest BCUT2D eigenvalue weighted by Gasteiger charge is 2.32. The lowest BCUT2D eigenvalue weighted by Crippen LogP contribution is -2.44. The van der Waals surface area contributed by atoms with Crippen molar-refractivity contribution < 1.29 is 31.1 Å². The first kappa shape index (κ1) is 27.2. The van der Waals surface area contributed by atoms with E-state index in [1.165, 1.54) is 22.9 Å². The van der Waals surface area contributed by atoms with Crippen LogP contribution in [-0.4, -0.2) is 20.6 Å². The van der Waals surface area contributed by atoms with Crippen LogP contribution in [0.15, 0.2) is 67.0 Å². The number of carbonyl (C=O) groups excluding carboxylic acids is 1. The van der Waals surface area contributed by atoms with Gasteiger partial charge in [-0.3, -0.25) is 20.2 Å². The molecule has 198 valence electrons. The van der Waals surface area contributed by atoms with Crippen molar-refractivity contribution in [3.63, 3.8) is 0 Å². The molecule has 0 unspecified atom stereocenters. The lowest BCUT2D eigenvalue weighted by atomic mass is 10.1. The maximum Gasteiger partial charge on any atom is 0.417 e. The number of nitrogens with zero attached hydrogens (tertiary/aromatic N) is 2. The van der Waals surface area contributed by atoms with E-state index < -0.39 is 29.4 Å². The van der Waals surface area contributed by atoms with Gasteiger partial charge in [0.15, 0.2) is 10.9 Å². The average Bonchev–Trinajstić information content (AvgIpc) is 3.20. The lowest BCUT2D eigenvalue weighted by molar-refractivity contribution is -0.138. The van der Waals surface area contributed by atoms with Crippen LogP contribution >= 0.6 is 23.8 Å². The predicted molar refractivity (Wildman–Crippen MR) is 134 cm³/mol. The third-order valence-electron chi connectivity index (χ3n) is 5.29. The number of amides is 1. The van der Waals surface area contributed by atoms with E-state index in [9.17, 15) is 31.1 Å². The van der Waals surface area contributed by atoms with E-state index in [0.29, 0.717) is 22.7 Å². The minimum absolute atomic E-state index is 0.0483. The standard InChI is InChI=1S/C24H16ClF6N5OS/c25-18-10-15(24(29,30)31)11-32-21(18)36-12-13(17-6-1-2-7-19(17)36)8-20(37)34-35-22(38)33-16-5-3-4-14(9-16)23(26,27)28/h1-7,9-12H,8H2,(H,34,37)(H2,33,35,38). The van der Waals surface area contributed by atoms with Crippen molar-refractivity contribution in [2.75, 3.05) is 5.32 Å². The van der Waals surface area contributed by atoms with E-state index in [1.54, 1.807) is 24.3 Å². The molecule has 0 radical (unpaired) electrons.